The van der Waals surface area contributed by atoms with E-state index in [0.717, 1.165) is 13.1 Å². The van der Waals surface area contributed by atoms with Gasteiger partial charge in [0.05, 0.1) is 0 Å². The molecule has 2 fully saturated rings. The van der Waals surface area contributed by atoms with E-state index in [9.17, 15) is 4.79 Å². The van der Waals surface area contributed by atoms with Gasteiger partial charge >= 0.3 is 0 Å². The highest BCUT2D eigenvalue weighted by Crippen LogP contribution is 2.27. The highest BCUT2D eigenvalue weighted by molar-refractivity contribution is 5.84. The fraction of sp³-hybridized carbons (Fsp3) is 0.941. The Morgan fingerprint density at radius 3 is 2.38 bits per heavy atom. The molecule has 1 unspecified atom stereocenters. The molecular weight excluding hydrogens is 262 g/mol. The summed E-state index contributed by atoms with van der Waals surface area (Å²) in [6.45, 7) is 8.36. The lowest BCUT2D eigenvalue weighted by atomic mass is 9.98. The molecule has 122 valence electrons. The van der Waals surface area contributed by atoms with Crippen LogP contribution in [0.15, 0.2) is 0 Å². The topological polar surface area (TPSA) is 58.4 Å². The van der Waals surface area contributed by atoms with Crippen LogP contribution in [0.5, 0.6) is 0 Å². The van der Waals surface area contributed by atoms with E-state index in [1.807, 2.05) is 6.92 Å². The van der Waals surface area contributed by atoms with E-state index in [0.29, 0.717) is 18.0 Å². The number of primary amides is 1. The maximum Gasteiger partial charge on any atom is 0.238 e. The molecule has 3 N–H and O–H groups in total. The van der Waals surface area contributed by atoms with Gasteiger partial charge in [-0.3, -0.25) is 15.0 Å². The van der Waals surface area contributed by atoms with Crippen molar-refractivity contribution in [1.29, 1.82) is 0 Å². The van der Waals surface area contributed by atoms with Crippen LogP contribution in [0.25, 0.3) is 0 Å². The normalized spacial score (nSPS) is 22.9. The van der Waals surface area contributed by atoms with Gasteiger partial charge in [-0.1, -0.05) is 26.7 Å². The molecule has 4 heteroatoms. The van der Waals surface area contributed by atoms with Gasteiger partial charge in [0.1, 0.15) is 5.54 Å². The first-order valence-corrected chi connectivity index (χ1v) is 8.72. The molecule has 0 heterocycles. The average molecular weight is 295 g/mol. The Hall–Kier alpha value is -0.610. The molecule has 1 amide bonds. The lowest BCUT2D eigenvalue weighted by molar-refractivity contribution is -0.125. The van der Waals surface area contributed by atoms with Crippen molar-refractivity contribution in [3.8, 4) is 0 Å². The lowest BCUT2D eigenvalue weighted by Gasteiger charge is -2.38. The summed E-state index contributed by atoms with van der Waals surface area (Å²) in [7, 11) is 0. The first-order chi connectivity index (χ1) is 9.90. The van der Waals surface area contributed by atoms with Gasteiger partial charge in [-0.2, -0.15) is 0 Å². The second-order valence-electron chi connectivity index (χ2n) is 7.71. The van der Waals surface area contributed by atoms with Crippen LogP contribution in [0, 0.1) is 5.92 Å². The van der Waals surface area contributed by atoms with Crippen molar-refractivity contribution in [3.63, 3.8) is 0 Å². The van der Waals surface area contributed by atoms with E-state index < -0.39 is 5.54 Å². The van der Waals surface area contributed by atoms with E-state index in [4.69, 9.17) is 5.73 Å². The van der Waals surface area contributed by atoms with Crippen LogP contribution in [-0.4, -0.2) is 41.5 Å². The Labute approximate surface area is 129 Å². The number of hydrogen-bond acceptors (Lipinski definition) is 3. The summed E-state index contributed by atoms with van der Waals surface area (Å²) in [5.74, 6) is 0.493. The highest BCUT2D eigenvalue weighted by atomic mass is 16.1. The molecule has 2 rings (SSSR count). The van der Waals surface area contributed by atoms with Crippen molar-refractivity contribution in [2.75, 3.05) is 13.1 Å². The monoisotopic (exact) mass is 295 g/mol. The third kappa shape index (κ3) is 4.96. The minimum Gasteiger partial charge on any atom is -0.368 e. The molecule has 0 radical (unpaired) electrons. The van der Waals surface area contributed by atoms with Crippen molar-refractivity contribution >= 4 is 5.91 Å². The fourth-order valence-corrected chi connectivity index (χ4v) is 3.36. The Morgan fingerprint density at radius 2 is 1.90 bits per heavy atom. The largest absolute Gasteiger partial charge is 0.368 e. The van der Waals surface area contributed by atoms with Crippen LogP contribution in [0.1, 0.15) is 65.7 Å². The molecule has 2 aliphatic rings. The summed E-state index contributed by atoms with van der Waals surface area (Å²) in [6, 6.07) is 1.14. The second-order valence-corrected chi connectivity index (χ2v) is 7.71. The molecule has 0 spiro atoms. The maximum atomic E-state index is 12.0. The van der Waals surface area contributed by atoms with Crippen molar-refractivity contribution in [2.24, 2.45) is 11.7 Å². The Balaban J connectivity index is 2.00. The van der Waals surface area contributed by atoms with Gasteiger partial charge in [-0.15, -0.1) is 0 Å². The smallest absolute Gasteiger partial charge is 0.238 e. The minimum absolute atomic E-state index is 0.207. The van der Waals surface area contributed by atoms with Crippen LogP contribution in [0.3, 0.4) is 0 Å². The second kappa shape index (κ2) is 7.10. The number of amides is 1. The average Bonchev–Trinajstić information content (AvgIpc) is 3.04. The number of hydrogen-bond donors (Lipinski definition) is 2. The van der Waals surface area contributed by atoms with Gasteiger partial charge in [0.2, 0.25) is 5.91 Å². The molecule has 4 nitrogen and oxygen atoms in total. The van der Waals surface area contributed by atoms with Gasteiger partial charge in [0.25, 0.3) is 0 Å². The molecule has 2 saturated carbocycles. The van der Waals surface area contributed by atoms with E-state index in [2.05, 4.69) is 24.1 Å². The van der Waals surface area contributed by atoms with Crippen molar-refractivity contribution in [2.45, 2.75) is 83.3 Å². The molecule has 0 aromatic carbocycles. The van der Waals surface area contributed by atoms with E-state index in [-0.39, 0.29) is 5.91 Å². The molecule has 0 aromatic rings. The summed E-state index contributed by atoms with van der Waals surface area (Å²) < 4.78 is 0. The van der Waals surface area contributed by atoms with Crippen molar-refractivity contribution in [3.05, 3.63) is 0 Å². The van der Waals surface area contributed by atoms with Crippen LogP contribution < -0.4 is 11.1 Å². The molecule has 1 atom stereocenters. The summed E-state index contributed by atoms with van der Waals surface area (Å²) in [5, 5.41) is 3.49. The van der Waals surface area contributed by atoms with E-state index >= 15 is 0 Å². The number of nitrogens with zero attached hydrogens (tertiary/aromatic N) is 1. The molecule has 0 bridgehead atoms. The SMILES string of the molecule is CC(C)CCN(CC(C)(NC1CC1)C(N)=O)C1CCCC1. The van der Waals surface area contributed by atoms with Crippen molar-refractivity contribution < 1.29 is 4.79 Å². The predicted molar refractivity (Wildman–Crippen MR) is 87.0 cm³/mol. The Kier molecular flexibility index (Phi) is 5.67. The van der Waals surface area contributed by atoms with E-state index in [1.165, 1.54) is 44.9 Å². The molecule has 21 heavy (non-hydrogen) atoms. The molecule has 2 aliphatic carbocycles. The molecular formula is C17H33N3O. The summed E-state index contributed by atoms with van der Waals surface area (Å²) in [6.07, 6.45) is 8.75. The van der Waals surface area contributed by atoms with Gasteiger partial charge in [0.15, 0.2) is 0 Å². The number of rotatable bonds is 9. The predicted octanol–water partition coefficient (Wildman–Crippen LogP) is 2.27. The van der Waals surface area contributed by atoms with Gasteiger partial charge in [-0.05, 0) is 51.5 Å². The van der Waals surface area contributed by atoms with Gasteiger partial charge < -0.3 is 5.73 Å². The molecule has 0 aromatic heterocycles. The number of nitrogens with one attached hydrogen (secondary N) is 1. The maximum absolute atomic E-state index is 12.0. The quantitative estimate of drug-likeness (QED) is 0.686. The lowest BCUT2D eigenvalue weighted by Crippen LogP contribution is -2.61. The number of nitrogens with two attached hydrogens (primary N) is 1. The van der Waals surface area contributed by atoms with Crippen LogP contribution in [0.2, 0.25) is 0 Å². The number of carbonyl (C=O) groups excluding carboxylic acids is 1. The first-order valence-electron chi connectivity index (χ1n) is 8.72. The summed E-state index contributed by atoms with van der Waals surface area (Å²) in [4.78, 5) is 14.5. The van der Waals surface area contributed by atoms with Crippen LogP contribution in [-0.2, 0) is 4.79 Å². The molecule has 0 aliphatic heterocycles. The zero-order valence-corrected chi connectivity index (χ0v) is 14.0. The Morgan fingerprint density at radius 1 is 1.29 bits per heavy atom. The van der Waals surface area contributed by atoms with Gasteiger partial charge in [0, 0.05) is 18.6 Å². The van der Waals surface area contributed by atoms with Crippen LogP contribution in [0.4, 0.5) is 0 Å². The minimum atomic E-state index is -0.583. The Bertz CT molecular complexity index is 348. The van der Waals surface area contributed by atoms with Crippen LogP contribution >= 0.6 is 0 Å². The van der Waals surface area contributed by atoms with E-state index in [1.54, 1.807) is 0 Å². The third-order valence-electron chi connectivity index (χ3n) is 5.00. The summed E-state index contributed by atoms with van der Waals surface area (Å²) >= 11 is 0. The number of carbonyl (C=O) groups is 1. The third-order valence-corrected chi connectivity index (χ3v) is 5.00. The standard InChI is InChI=1S/C17H33N3O/c1-13(2)10-11-20(15-6-4-5-7-15)12-17(3,16(18)21)19-14-8-9-14/h13-15,19H,4-12H2,1-3H3,(H2,18,21). The molecule has 0 saturated heterocycles. The van der Waals surface area contributed by atoms with Gasteiger partial charge in [-0.25, -0.2) is 0 Å². The zero-order chi connectivity index (χ0) is 15.5. The first kappa shape index (κ1) is 16.8. The summed E-state index contributed by atoms with van der Waals surface area (Å²) in [5.41, 5.74) is 5.14. The highest BCUT2D eigenvalue weighted by Gasteiger charge is 2.39. The zero-order valence-electron chi connectivity index (χ0n) is 14.0. The van der Waals surface area contributed by atoms with Crippen molar-refractivity contribution in [1.82, 2.24) is 10.2 Å². The fourth-order valence-electron chi connectivity index (χ4n) is 3.36.